The lowest BCUT2D eigenvalue weighted by Crippen LogP contribution is -2.44. The molecule has 1 atom stereocenters. The maximum absolute atomic E-state index is 13.1. The molecule has 3 rings (SSSR count). The summed E-state index contributed by atoms with van der Waals surface area (Å²) < 4.78 is 16.4. The van der Waals surface area contributed by atoms with E-state index in [0.717, 1.165) is 56.3 Å². The van der Waals surface area contributed by atoms with Crippen LogP contribution in [-0.4, -0.2) is 99.7 Å². The van der Waals surface area contributed by atoms with Crippen molar-refractivity contribution in [1.82, 2.24) is 15.1 Å². The van der Waals surface area contributed by atoms with Gasteiger partial charge in [0, 0.05) is 50.0 Å². The molecular formula is C35H53N3O6. The summed E-state index contributed by atoms with van der Waals surface area (Å²) in [5, 5.41) is 13.9. The van der Waals surface area contributed by atoms with Gasteiger partial charge in [-0.05, 0) is 76.5 Å². The average Bonchev–Trinajstić information content (AvgIpc) is 3.04. The van der Waals surface area contributed by atoms with Crippen LogP contribution in [0, 0.1) is 0 Å². The third-order valence-corrected chi connectivity index (χ3v) is 8.85. The second-order valence-electron chi connectivity index (χ2n) is 11.9. The Kier molecular flexibility index (Phi) is 14.6. The van der Waals surface area contributed by atoms with Crippen LogP contribution in [0.4, 0.5) is 0 Å². The number of piperidine rings is 1. The molecule has 44 heavy (non-hydrogen) atoms. The van der Waals surface area contributed by atoms with Crippen LogP contribution < -0.4 is 5.32 Å². The van der Waals surface area contributed by atoms with E-state index in [9.17, 15) is 14.7 Å². The van der Waals surface area contributed by atoms with Crippen LogP contribution in [0.5, 0.6) is 5.75 Å². The molecule has 9 heteroatoms. The fourth-order valence-corrected chi connectivity index (χ4v) is 6.00. The molecule has 1 fully saturated rings. The Bertz CT molecular complexity index is 1150. The normalized spacial score (nSPS) is 15.7. The number of hydrogen-bond donors (Lipinski definition) is 2. The van der Waals surface area contributed by atoms with Gasteiger partial charge in [-0.25, -0.2) is 0 Å². The van der Waals surface area contributed by atoms with Gasteiger partial charge in [-0.3, -0.25) is 9.59 Å². The predicted octanol–water partition coefficient (Wildman–Crippen LogP) is 4.96. The molecular weight excluding hydrogens is 558 g/mol. The Labute approximate surface area is 263 Å². The van der Waals surface area contributed by atoms with Gasteiger partial charge in [0.1, 0.15) is 5.75 Å². The van der Waals surface area contributed by atoms with E-state index in [0.29, 0.717) is 38.3 Å². The first-order valence-corrected chi connectivity index (χ1v) is 16.0. The standard InChI is InChI=1S/C35H53N3O6/c1-6-7-12-27(2)38(26-33(42-4)43-5)32(40)17-24-44-23-11-20-36-34(41)28-15-16-31(39)30(25-28)35(18-21-37(3)22-19-35)29-13-9-8-10-14-29/h8-10,13-16,25,27,33,39H,6-7,11-12,17-24,26H2,1-5H3,(H,36,41). The Balaban J connectivity index is 1.50. The Morgan fingerprint density at radius 2 is 1.75 bits per heavy atom. The van der Waals surface area contributed by atoms with Gasteiger partial charge in [0.25, 0.3) is 5.91 Å². The quantitative estimate of drug-likeness (QED) is 0.182. The smallest absolute Gasteiger partial charge is 0.251 e. The van der Waals surface area contributed by atoms with E-state index in [-0.39, 0.29) is 35.4 Å². The van der Waals surface area contributed by atoms with Crippen LogP contribution in [-0.2, 0) is 24.4 Å². The highest BCUT2D eigenvalue weighted by Crippen LogP contribution is 2.45. The number of phenolic OH excluding ortho intramolecular Hbond substituents is 1. The number of carbonyl (C=O) groups excluding carboxylic acids is 2. The zero-order chi connectivity index (χ0) is 32.0. The van der Waals surface area contributed by atoms with Crippen LogP contribution in [0.25, 0.3) is 0 Å². The molecule has 0 spiro atoms. The maximum atomic E-state index is 13.1. The molecule has 1 saturated heterocycles. The first-order chi connectivity index (χ1) is 21.2. The third kappa shape index (κ3) is 9.76. The average molecular weight is 612 g/mol. The molecule has 1 unspecified atom stereocenters. The molecule has 2 N–H and O–H groups in total. The van der Waals surface area contributed by atoms with Crippen molar-refractivity contribution in [2.45, 2.75) is 76.5 Å². The van der Waals surface area contributed by atoms with Gasteiger partial charge in [0.15, 0.2) is 6.29 Å². The monoisotopic (exact) mass is 611 g/mol. The van der Waals surface area contributed by atoms with Crippen LogP contribution >= 0.6 is 0 Å². The molecule has 9 nitrogen and oxygen atoms in total. The fourth-order valence-electron chi connectivity index (χ4n) is 6.00. The topological polar surface area (TPSA) is 101 Å². The maximum Gasteiger partial charge on any atom is 0.251 e. The minimum Gasteiger partial charge on any atom is -0.508 e. The highest BCUT2D eigenvalue weighted by atomic mass is 16.7. The van der Waals surface area contributed by atoms with E-state index in [1.54, 1.807) is 26.4 Å². The fraction of sp³-hybridized carbons (Fsp3) is 0.600. The van der Waals surface area contributed by atoms with E-state index in [4.69, 9.17) is 14.2 Å². The summed E-state index contributed by atoms with van der Waals surface area (Å²) in [6, 6.07) is 15.6. The van der Waals surface area contributed by atoms with Crippen molar-refractivity contribution >= 4 is 11.8 Å². The van der Waals surface area contributed by atoms with Crippen molar-refractivity contribution < 1.29 is 28.9 Å². The van der Waals surface area contributed by atoms with E-state index >= 15 is 0 Å². The summed E-state index contributed by atoms with van der Waals surface area (Å²) in [6.07, 6.45) is 5.21. The van der Waals surface area contributed by atoms with Crippen molar-refractivity contribution in [3.8, 4) is 5.75 Å². The van der Waals surface area contributed by atoms with Gasteiger partial charge >= 0.3 is 0 Å². The first-order valence-electron chi connectivity index (χ1n) is 16.0. The molecule has 1 aliphatic rings. The first kappa shape index (κ1) is 35.5. The van der Waals surface area contributed by atoms with Crippen molar-refractivity contribution in [1.29, 1.82) is 0 Å². The molecule has 2 amide bonds. The van der Waals surface area contributed by atoms with Gasteiger partial charge in [0.2, 0.25) is 5.91 Å². The number of likely N-dealkylation sites (tertiary alicyclic amines) is 1. The van der Waals surface area contributed by atoms with Crippen LogP contribution in [0.3, 0.4) is 0 Å². The molecule has 1 heterocycles. The van der Waals surface area contributed by atoms with Crippen LogP contribution in [0.1, 0.15) is 80.3 Å². The van der Waals surface area contributed by atoms with Crippen LogP contribution in [0.15, 0.2) is 48.5 Å². The SMILES string of the molecule is CCCCC(C)N(CC(OC)OC)C(=O)CCOCCCNC(=O)c1ccc(O)c(C2(c3ccccc3)CCN(C)CC2)c1. The molecule has 0 aromatic heterocycles. The highest BCUT2D eigenvalue weighted by Gasteiger charge is 2.39. The summed E-state index contributed by atoms with van der Waals surface area (Å²) in [6.45, 7) is 7.59. The number of benzene rings is 2. The minimum absolute atomic E-state index is 0.0158. The summed E-state index contributed by atoms with van der Waals surface area (Å²) in [5.41, 5.74) is 2.14. The van der Waals surface area contributed by atoms with Crippen molar-refractivity contribution in [3.63, 3.8) is 0 Å². The minimum atomic E-state index is -0.467. The van der Waals surface area contributed by atoms with Gasteiger partial charge in [0.05, 0.1) is 19.6 Å². The van der Waals surface area contributed by atoms with Gasteiger partial charge in [-0.2, -0.15) is 0 Å². The number of phenols is 1. The van der Waals surface area contributed by atoms with Crippen molar-refractivity contribution in [3.05, 3.63) is 65.2 Å². The number of ether oxygens (including phenoxy) is 3. The summed E-state index contributed by atoms with van der Waals surface area (Å²) in [4.78, 5) is 30.2. The number of methoxy groups -OCH3 is 2. The largest absolute Gasteiger partial charge is 0.508 e. The van der Waals surface area contributed by atoms with Gasteiger partial charge < -0.3 is 34.4 Å². The number of rotatable bonds is 18. The Hall–Kier alpha value is -2.98. The van der Waals surface area contributed by atoms with Gasteiger partial charge in [-0.15, -0.1) is 0 Å². The van der Waals surface area contributed by atoms with E-state index < -0.39 is 6.29 Å². The molecule has 2 aromatic rings. The van der Waals surface area contributed by atoms with Gasteiger partial charge in [-0.1, -0.05) is 50.1 Å². The summed E-state index contributed by atoms with van der Waals surface area (Å²) in [5.74, 6) is 0.0540. The van der Waals surface area contributed by atoms with E-state index in [1.165, 1.54) is 0 Å². The third-order valence-electron chi connectivity index (χ3n) is 8.85. The molecule has 244 valence electrons. The molecule has 0 aliphatic carbocycles. The van der Waals surface area contributed by atoms with Crippen LogP contribution in [0.2, 0.25) is 0 Å². The molecule has 0 radical (unpaired) electrons. The molecule has 0 bridgehead atoms. The number of carbonyl (C=O) groups is 2. The van der Waals surface area contributed by atoms with Crippen molar-refractivity contribution in [2.75, 3.05) is 60.7 Å². The number of hydrogen-bond acceptors (Lipinski definition) is 7. The molecule has 1 aliphatic heterocycles. The highest BCUT2D eigenvalue weighted by molar-refractivity contribution is 5.94. The lowest BCUT2D eigenvalue weighted by Gasteiger charge is -2.42. The number of nitrogens with one attached hydrogen (secondary N) is 1. The number of unbranched alkanes of at least 4 members (excludes halogenated alkanes) is 1. The molecule has 0 saturated carbocycles. The second kappa shape index (κ2) is 18.1. The predicted molar refractivity (Wildman–Crippen MR) is 173 cm³/mol. The van der Waals surface area contributed by atoms with Crippen molar-refractivity contribution in [2.24, 2.45) is 0 Å². The zero-order valence-corrected chi connectivity index (χ0v) is 27.3. The molecule has 2 aromatic carbocycles. The Morgan fingerprint density at radius 3 is 2.41 bits per heavy atom. The summed E-state index contributed by atoms with van der Waals surface area (Å²) >= 11 is 0. The lowest BCUT2D eigenvalue weighted by molar-refractivity contribution is -0.150. The Morgan fingerprint density at radius 1 is 1.05 bits per heavy atom. The van der Waals surface area contributed by atoms with E-state index in [2.05, 4.69) is 43.2 Å². The zero-order valence-electron chi connectivity index (χ0n) is 27.3. The summed E-state index contributed by atoms with van der Waals surface area (Å²) in [7, 11) is 5.27. The number of aromatic hydroxyl groups is 1. The lowest BCUT2D eigenvalue weighted by atomic mass is 9.67. The second-order valence-corrected chi connectivity index (χ2v) is 11.9. The number of amides is 2. The van der Waals surface area contributed by atoms with E-state index in [1.807, 2.05) is 29.2 Å². The number of nitrogens with zero attached hydrogens (tertiary/aromatic N) is 2.